The van der Waals surface area contributed by atoms with Crippen molar-refractivity contribution in [2.24, 2.45) is 0 Å². The lowest BCUT2D eigenvalue weighted by Gasteiger charge is -2.07. The van der Waals surface area contributed by atoms with E-state index in [1.165, 1.54) is 11.3 Å². The van der Waals surface area contributed by atoms with Crippen molar-refractivity contribution in [2.75, 3.05) is 11.9 Å². The molecular weight excluding hydrogens is 364 g/mol. The van der Waals surface area contributed by atoms with E-state index < -0.39 is 39.0 Å². The van der Waals surface area contributed by atoms with Crippen molar-refractivity contribution >= 4 is 38.7 Å². The normalized spacial score (nSPS) is 11.3. The molecule has 6 nitrogen and oxygen atoms in total. The van der Waals surface area contributed by atoms with Crippen LogP contribution >= 0.6 is 11.3 Å². The van der Waals surface area contributed by atoms with Crippen LogP contribution in [0.1, 0.15) is 10.4 Å². The summed E-state index contributed by atoms with van der Waals surface area (Å²) >= 11 is 1.31. The average molecular weight is 375 g/mol. The van der Waals surface area contributed by atoms with Crippen LogP contribution in [0.3, 0.4) is 0 Å². The molecule has 0 unspecified atom stereocenters. The smallest absolute Gasteiger partial charge is 0.341 e. The second kappa shape index (κ2) is 7.49. The predicted molar refractivity (Wildman–Crippen MR) is 82.9 cm³/mol. The van der Waals surface area contributed by atoms with Crippen molar-refractivity contribution in [1.82, 2.24) is 0 Å². The number of carbonyl (C=O) groups excluding carboxylic acids is 2. The summed E-state index contributed by atoms with van der Waals surface area (Å²) in [6.45, 7) is -0.536. The average Bonchev–Trinajstić information content (AvgIpc) is 3.07. The van der Waals surface area contributed by atoms with E-state index in [4.69, 9.17) is 4.74 Å². The second-order valence-electron chi connectivity index (χ2n) is 4.47. The van der Waals surface area contributed by atoms with Crippen molar-refractivity contribution in [2.45, 2.75) is 10.7 Å². The number of nitrogens with one attached hydrogen (secondary N) is 1. The number of esters is 1. The molecule has 0 aliphatic carbocycles. The zero-order valence-corrected chi connectivity index (χ0v) is 13.6. The van der Waals surface area contributed by atoms with Gasteiger partial charge in [0.15, 0.2) is 6.61 Å². The largest absolute Gasteiger partial charge is 0.452 e. The summed E-state index contributed by atoms with van der Waals surface area (Å²) < 4.78 is 52.1. The molecule has 2 aromatic rings. The Kier molecular flexibility index (Phi) is 5.62. The summed E-state index contributed by atoms with van der Waals surface area (Å²) in [7, 11) is -4.68. The first-order valence-corrected chi connectivity index (χ1v) is 8.91. The maximum atomic E-state index is 12.4. The molecule has 1 N–H and O–H groups in total. The highest BCUT2D eigenvalue weighted by molar-refractivity contribution is 7.91. The SMILES string of the molecule is O=C(COC(=O)c1ccsc1)Nc1ccc(S(=O)(=O)C(F)F)cc1. The van der Waals surface area contributed by atoms with E-state index in [0.29, 0.717) is 5.56 Å². The van der Waals surface area contributed by atoms with E-state index in [1.54, 1.807) is 16.8 Å². The minimum Gasteiger partial charge on any atom is -0.452 e. The predicted octanol–water partition coefficient (Wildman–Crippen LogP) is 2.54. The first-order valence-electron chi connectivity index (χ1n) is 6.42. The summed E-state index contributed by atoms with van der Waals surface area (Å²) in [6, 6.07) is 5.78. The van der Waals surface area contributed by atoms with Gasteiger partial charge in [-0.1, -0.05) is 0 Å². The quantitative estimate of drug-likeness (QED) is 0.784. The molecule has 10 heteroatoms. The highest BCUT2D eigenvalue weighted by Gasteiger charge is 2.26. The molecule has 0 radical (unpaired) electrons. The van der Waals surface area contributed by atoms with E-state index >= 15 is 0 Å². The van der Waals surface area contributed by atoms with Crippen molar-refractivity contribution in [3.05, 3.63) is 46.7 Å². The van der Waals surface area contributed by atoms with Gasteiger partial charge in [0, 0.05) is 11.1 Å². The number of amides is 1. The molecule has 24 heavy (non-hydrogen) atoms. The third-order valence-electron chi connectivity index (χ3n) is 2.79. The lowest BCUT2D eigenvalue weighted by Crippen LogP contribution is -2.20. The molecule has 1 aromatic carbocycles. The van der Waals surface area contributed by atoms with Crippen molar-refractivity contribution in [3.8, 4) is 0 Å². The van der Waals surface area contributed by atoms with Gasteiger partial charge in [-0.2, -0.15) is 20.1 Å². The van der Waals surface area contributed by atoms with Crippen molar-refractivity contribution in [1.29, 1.82) is 0 Å². The highest BCUT2D eigenvalue weighted by atomic mass is 32.2. The summed E-state index contributed by atoms with van der Waals surface area (Å²) in [6.07, 6.45) is 0. The fraction of sp³-hybridized carbons (Fsp3) is 0.143. The van der Waals surface area contributed by atoms with Crippen molar-refractivity contribution < 1.29 is 31.5 Å². The van der Waals surface area contributed by atoms with Gasteiger partial charge >= 0.3 is 11.7 Å². The topological polar surface area (TPSA) is 89.5 Å². The molecule has 0 saturated carbocycles. The summed E-state index contributed by atoms with van der Waals surface area (Å²) in [5, 5.41) is 5.61. The molecule has 1 amide bonds. The van der Waals surface area contributed by atoms with Gasteiger partial charge in [0.1, 0.15) is 0 Å². The number of halogens is 2. The van der Waals surface area contributed by atoms with Gasteiger partial charge in [-0.25, -0.2) is 13.2 Å². The first-order chi connectivity index (χ1) is 11.3. The monoisotopic (exact) mass is 375 g/mol. The maximum Gasteiger partial charge on any atom is 0.341 e. The van der Waals surface area contributed by atoms with Crippen LogP contribution in [0.2, 0.25) is 0 Å². The van der Waals surface area contributed by atoms with E-state index in [9.17, 15) is 26.8 Å². The Labute approximate surface area is 140 Å². The van der Waals surface area contributed by atoms with Gasteiger partial charge in [-0.3, -0.25) is 4.79 Å². The number of sulfone groups is 1. The number of anilines is 1. The van der Waals surface area contributed by atoms with E-state index in [2.05, 4.69) is 5.32 Å². The van der Waals surface area contributed by atoms with Gasteiger partial charge in [0.25, 0.3) is 5.91 Å². The number of thiophene rings is 1. The number of benzene rings is 1. The van der Waals surface area contributed by atoms with E-state index in [0.717, 1.165) is 24.3 Å². The molecule has 0 aliphatic rings. The van der Waals surface area contributed by atoms with Crippen LogP contribution in [0.15, 0.2) is 46.0 Å². The molecule has 1 aromatic heterocycles. The van der Waals surface area contributed by atoms with E-state index in [1.807, 2.05) is 0 Å². The summed E-state index contributed by atoms with van der Waals surface area (Å²) in [4.78, 5) is 22.6. The standard InChI is InChI=1S/C14H11F2NO5S2/c15-14(16)24(20,21)11-3-1-10(2-4-11)17-12(18)7-22-13(19)9-5-6-23-8-9/h1-6,8,14H,7H2,(H,17,18). The Morgan fingerprint density at radius 2 is 1.83 bits per heavy atom. The Bertz CT molecular complexity index is 817. The fourth-order valence-electron chi connectivity index (χ4n) is 1.62. The first kappa shape index (κ1) is 18.0. The number of rotatable bonds is 6. The van der Waals surface area contributed by atoms with Crippen LogP contribution in [-0.2, 0) is 19.4 Å². The molecule has 0 atom stereocenters. The fourth-order valence-corrected chi connectivity index (χ4v) is 2.97. The molecule has 128 valence electrons. The maximum absolute atomic E-state index is 12.4. The summed E-state index contributed by atoms with van der Waals surface area (Å²) in [5.74, 6) is -4.82. The minimum atomic E-state index is -4.68. The molecule has 1 heterocycles. The van der Waals surface area contributed by atoms with Gasteiger partial charge in [0.2, 0.25) is 9.84 Å². The second-order valence-corrected chi connectivity index (χ2v) is 7.16. The number of hydrogen-bond acceptors (Lipinski definition) is 6. The minimum absolute atomic E-state index is 0.180. The molecule has 2 rings (SSSR count). The zero-order valence-electron chi connectivity index (χ0n) is 11.9. The van der Waals surface area contributed by atoms with Crippen LogP contribution in [0.4, 0.5) is 14.5 Å². The molecule has 0 saturated heterocycles. The van der Waals surface area contributed by atoms with Gasteiger partial charge in [-0.15, -0.1) is 0 Å². The van der Waals surface area contributed by atoms with Crippen LogP contribution in [-0.4, -0.2) is 32.7 Å². The number of ether oxygens (including phenoxy) is 1. The molecule has 0 aliphatic heterocycles. The third kappa shape index (κ3) is 4.36. The molecule has 0 bridgehead atoms. The van der Waals surface area contributed by atoms with Crippen molar-refractivity contribution in [3.63, 3.8) is 0 Å². The van der Waals surface area contributed by atoms with Crippen LogP contribution in [0.25, 0.3) is 0 Å². The lowest BCUT2D eigenvalue weighted by atomic mass is 10.3. The molecule has 0 fully saturated rings. The van der Waals surface area contributed by atoms with E-state index in [-0.39, 0.29) is 5.69 Å². The highest BCUT2D eigenvalue weighted by Crippen LogP contribution is 2.20. The van der Waals surface area contributed by atoms with Crippen LogP contribution in [0, 0.1) is 0 Å². The number of alkyl halides is 2. The Hall–Kier alpha value is -2.33. The third-order valence-corrected chi connectivity index (χ3v) is 4.87. The van der Waals surface area contributed by atoms with Gasteiger partial charge in [-0.05, 0) is 35.7 Å². The number of carbonyl (C=O) groups is 2. The Morgan fingerprint density at radius 1 is 1.17 bits per heavy atom. The lowest BCUT2D eigenvalue weighted by molar-refractivity contribution is -0.119. The van der Waals surface area contributed by atoms with Crippen LogP contribution in [0.5, 0.6) is 0 Å². The van der Waals surface area contributed by atoms with Gasteiger partial charge < -0.3 is 10.1 Å². The Morgan fingerprint density at radius 3 is 2.38 bits per heavy atom. The zero-order chi connectivity index (χ0) is 17.7. The summed E-state index contributed by atoms with van der Waals surface area (Å²) in [5.41, 5.74) is 0.508. The molecular formula is C14H11F2NO5S2. The Balaban J connectivity index is 1.92. The van der Waals surface area contributed by atoms with Crippen LogP contribution < -0.4 is 5.32 Å². The van der Waals surface area contributed by atoms with Gasteiger partial charge in [0.05, 0.1) is 10.5 Å². The number of hydrogen-bond donors (Lipinski definition) is 1. The molecule has 0 spiro atoms.